The second-order valence-corrected chi connectivity index (χ2v) is 6.69. The zero-order chi connectivity index (χ0) is 13.7. The summed E-state index contributed by atoms with van der Waals surface area (Å²) in [5, 5.41) is 6.54. The molecule has 1 atom stereocenters. The molecule has 1 heterocycles. The lowest BCUT2D eigenvalue weighted by Crippen LogP contribution is -2.24. The largest absolute Gasteiger partial charge is 0.310 e. The Balaban J connectivity index is 2.21. The van der Waals surface area contributed by atoms with Gasteiger partial charge in [0.15, 0.2) is 0 Å². The first kappa shape index (κ1) is 15.0. The van der Waals surface area contributed by atoms with Crippen LogP contribution < -0.4 is 5.32 Å². The number of hydrogen-bond donors (Lipinski definition) is 1. The minimum atomic E-state index is 0.267. The summed E-state index contributed by atoms with van der Waals surface area (Å²) in [6, 6.07) is 10.5. The quantitative estimate of drug-likeness (QED) is 0.724. The van der Waals surface area contributed by atoms with E-state index in [1.807, 2.05) is 18.2 Å². The zero-order valence-electron chi connectivity index (χ0n) is 10.8. The molecule has 1 N–H and O–H groups in total. The smallest absolute Gasteiger partial charge is 0.0453 e. The predicted molar refractivity (Wildman–Crippen MR) is 88.2 cm³/mol. The number of benzene rings is 1. The number of thiophene rings is 1. The van der Waals surface area contributed by atoms with Crippen LogP contribution in [0.2, 0.25) is 5.02 Å². The molecule has 0 fully saturated rings. The lowest BCUT2D eigenvalue weighted by Gasteiger charge is -2.20. The van der Waals surface area contributed by atoms with Crippen LogP contribution in [0, 0.1) is 0 Å². The van der Waals surface area contributed by atoms with Gasteiger partial charge in [0, 0.05) is 26.8 Å². The first-order valence-corrected chi connectivity index (χ1v) is 8.47. The molecular formula is C15H17BrClNS. The molecule has 0 spiro atoms. The fraction of sp³-hybridized carbons (Fsp3) is 0.333. The van der Waals surface area contributed by atoms with Gasteiger partial charge >= 0.3 is 0 Å². The van der Waals surface area contributed by atoms with Gasteiger partial charge in [-0.2, -0.15) is 0 Å². The molecule has 2 aromatic rings. The zero-order valence-corrected chi connectivity index (χ0v) is 14.0. The Kier molecular flexibility index (Phi) is 5.89. The molecule has 0 aliphatic heterocycles. The van der Waals surface area contributed by atoms with Crippen molar-refractivity contribution < 1.29 is 0 Å². The Morgan fingerprint density at radius 1 is 1.32 bits per heavy atom. The third-order valence-corrected chi connectivity index (χ3v) is 5.29. The minimum Gasteiger partial charge on any atom is -0.310 e. The maximum Gasteiger partial charge on any atom is 0.0453 e. The third-order valence-electron chi connectivity index (χ3n) is 3.00. The van der Waals surface area contributed by atoms with Crippen molar-refractivity contribution in [3.63, 3.8) is 0 Å². The van der Waals surface area contributed by atoms with Gasteiger partial charge in [-0.15, -0.1) is 11.3 Å². The highest BCUT2D eigenvalue weighted by Crippen LogP contribution is 2.31. The van der Waals surface area contributed by atoms with Crippen LogP contribution in [-0.4, -0.2) is 6.54 Å². The van der Waals surface area contributed by atoms with Gasteiger partial charge < -0.3 is 5.32 Å². The van der Waals surface area contributed by atoms with E-state index in [9.17, 15) is 0 Å². The van der Waals surface area contributed by atoms with Gasteiger partial charge in [-0.3, -0.25) is 0 Å². The van der Waals surface area contributed by atoms with Crippen LogP contribution in [0.5, 0.6) is 0 Å². The van der Waals surface area contributed by atoms with Gasteiger partial charge in [0.05, 0.1) is 0 Å². The Hall–Kier alpha value is -0.350. The van der Waals surface area contributed by atoms with Crippen LogP contribution in [0.25, 0.3) is 0 Å². The van der Waals surface area contributed by atoms with E-state index >= 15 is 0 Å². The van der Waals surface area contributed by atoms with Crippen molar-refractivity contribution >= 4 is 38.9 Å². The lowest BCUT2D eigenvalue weighted by molar-refractivity contribution is 0.532. The molecule has 0 radical (unpaired) electrons. The summed E-state index contributed by atoms with van der Waals surface area (Å²) in [7, 11) is 0. The molecule has 19 heavy (non-hydrogen) atoms. The highest BCUT2D eigenvalue weighted by Gasteiger charge is 2.16. The second-order valence-electron chi connectivity index (χ2n) is 4.42. The molecule has 1 nitrogen and oxygen atoms in total. The molecule has 0 amide bonds. The Morgan fingerprint density at radius 2 is 2.11 bits per heavy atom. The summed E-state index contributed by atoms with van der Waals surface area (Å²) >= 11 is 11.7. The molecule has 1 aromatic carbocycles. The van der Waals surface area contributed by atoms with Gasteiger partial charge in [-0.25, -0.2) is 0 Å². The summed E-state index contributed by atoms with van der Waals surface area (Å²) in [6.45, 7) is 3.18. The van der Waals surface area contributed by atoms with Crippen LogP contribution in [0.3, 0.4) is 0 Å². The van der Waals surface area contributed by atoms with E-state index < -0.39 is 0 Å². The molecule has 0 bridgehead atoms. The summed E-state index contributed by atoms with van der Waals surface area (Å²) in [6.07, 6.45) is 2.08. The van der Waals surface area contributed by atoms with Crippen molar-refractivity contribution in [2.45, 2.75) is 25.8 Å². The van der Waals surface area contributed by atoms with Gasteiger partial charge in [-0.1, -0.05) is 36.7 Å². The molecule has 0 aliphatic carbocycles. The fourth-order valence-corrected chi connectivity index (χ4v) is 3.85. The molecule has 2 rings (SSSR count). The molecular weight excluding hydrogens is 342 g/mol. The Labute approximate surface area is 132 Å². The lowest BCUT2D eigenvalue weighted by atomic mass is 10.0. The monoisotopic (exact) mass is 357 g/mol. The van der Waals surface area contributed by atoms with Crippen molar-refractivity contribution in [2.24, 2.45) is 0 Å². The molecule has 102 valence electrons. The Morgan fingerprint density at radius 3 is 2.74 bits per heavy atom. The summed E-state index contributed by atoms with van der Waals surface area (Å²) in [5.41, 5.74) is 1.18. The van der Waals surface area contributed by atoms with Crippen molar-refractivity contribution in [3.05, 3.63) is 55.6 Å². The maximum absolute atomic E-state index is 6.33. The predicted octanol–water partition coefficient (Wildman–Crippen LogP) is 5.45. The van der Waals surface area contributed by atoms with E-state index in [4.69, 9.17) is 11.6 Å². The first-order valence-electron chi connectivity index (χ1n) is 6.42. The van der Waals surface area contributed by atoms with Crippen molar-refractivity contribution in [3.8, 4) is 0 Å². The third kappa shape index (κ3) is 4.06. The van der Waals surface area contributed by atoms with Crippen LogP contribution in [-0.2, 0) is 6.42 Å². The molecule has 0 aliphatic rings. The normalized spacial score (nSPS) is 12.6. The van der Waals surface area contributed by atoms with E-state index in [0.717, 1.165) is 24.4 Å². The number of rotatable bonds is 6. The maximum atomic E-state index is 6.33. The minimum absolute atomic E-state index is 0.267. The van der Waals surface area contributed by atoms with Gasteiger partial charge in [0.2, 0.25) is 0 Å². The van der Waals surface area contributed by atoms with E-state index in [2.05, 4.69) is 45.7 Å². The number of nitrogens with one attached hydrogen (secondary N) is 1. The highest BCUT2D eigenvalue weighted by molar-refractivity contribution is 9.10. The van der Waals surface area contributed by atoms with Gasteiger partial charge in [-0.05, 0) is 52.0 Å². The van der Waals surface area contributed by atoms with E-state index in [-0.39, 0.29) is 6.04 Å². The van der Waals surface area contributed by atoms with Crippen LogP contribution in [0.4, 0.5) is 0 Å². The average Bonchev–Trinajstić information content (AvgIpc) is 2.81. The highest BCUT2D eigenvalue weighted by atomic mass is 79.9. The second kappa shape index (κ2) is 7.44. The molecule has 4 heteroatoms. The van der Waals surface area contributed by atoms with E-state index in [1.54, 1.807) is 11.3 Å². The summed E-state index contributed by atoms with van der Waals surface area (Å²) < 4.78 is 1.19. The SMILES string of the molecule is CCCNC(Cc1sccc1Br)c1ccccc1Cl. The van der Waals surface area contributed by atoms with Gasteiger partial charge in [0.25, 0.3) is 0 Å². The standard InChI is InChI=1S/C15H17BrClNS/c1-2-8-18-14(10-15-12(16)7-9-19-15)11-5-3-4-6-13(11)17/h3-7,9,14,18H,2,8,10H2,1H3. The molecule has 1 aromatic heterocycles. The van der Waals surface area contributed by atoms with Gasteiger partial charge in [0.1, 0.15) is 0 Å². The topological polar surface area (TPSA) is 12.0 Å². The molecule has 0 saturated heterocycles. The van der Waals surface area contributed by atoms with Crippen LogP contribution in [0.1, 0.15) is 29.8 Å². The van der Waals surface area contributed by atoms with Crippen molar-refractivity contribution in [2.75, 3.05) is 6.54 Å². The van der Waals surface area contributed by atoms with Crippen molar-refractivity contribution in [1.29, 1.82) is 0 Å². The van der Waals surface area contributed by atoms with E-state index in [1.165, 1.54) is 14.9 Å². The Bertz CT molecular complexity index is 526. The summed E-state index contributed by atoms with van der Waals surface area (Å²) in [4.78, 5) is 1.36. The van der Waals surface area contributed by atoms with Crippen molar-refractivity contribution in [1.82, 2.24) is 5.32 Å². The number of hydrogen-bond acceptors (Lipinski definition) is 2. The van der Waals surface area contributed by atoms with Crippen LogP contribution in [0.15, 0.2) is 40.2 Å². The molecule has 1 unspecified atom stereocenters. The first-order chi connectivity index (χ1) is 9.22. The van der Waals surface area contributed by atoms with Crippen LogP contribution >= 0.6 is 38.9 Å². The summed E-state index contributed by atoms with van der Waals surface area (Å²) in [5.74, 6) is 0. The average molecular weight is 359 g/mol. The van der Waals surface area contributed by atoms with E-state index in [0.29, 0.717) is 0 Å². The number of halogens is 2. The molecule has 0 saturated carbocycles. The fourth-order valence-electron chi connectivity index (χ4n) is 2.02.